The lowest BCUT2D eigenvalue weighted by atomic mass is 10.1. The molecule has 2 nitrogen and oxygen atoms in total. The molecule has 0 aliphatic rings. The van der Waals surface area contributed by atoms with Crippen molar-refractivity contribution in [1.29, 1.82) is 0 Å². The largest absolute Gasteiger partial charge is 0.318 e. The van der Waals surface area contributed by atoms with Gasteiger partial charge >= 0.3 is 0 Å². The van der Waals surface area contributed by atoms with Crippen molar-refractivity contribution < 1.29 is 0 Å². The van der Waals surface area contributed by atoms with Gasteiger partial charge < -0.3 is 5.32 Å². The molecule has 1 unspecified atom stereocenters. The standard InChI is InChI=1S/C14H24N2/c1-5-14(10-15-3)16(4)11-13-9-7-6-8-12(13)2/h6-9,14-15H,5,10-11H2,1-4H3. The summed E-state index contributed by atoms with van der Waals surface area (Å²) in [7, 11) is 4.22. The number of aryl methyl sites for hydroxylation is 1. The zero-order valence-corrected chi connectivity index (χ0v) is 11.0. The number of nitrogens with one attached hydrogen (secondary N) is 1. The Hall–Kier alpha value is -0.860. The molecule has 0 fully saturated rings. The van der Waals surface area contributed by atoms with Crippen molar-refractivity contribution in [3.05, 3.63) is 35.4 Å². The van der Waals surface area contributed by atoms with Crippen LogP contribution in [0.1, 0.15) is 24.5 Å². The molecule has 1 aromatic carbocycles. The molecule has 0 radical (unpaired) electrons. The van der Waals surface area contributed by atoms with Gasteiger partial charge in [-0.1, -0.05) is 31.2 Å². The quantitative estimate of drug-likeness (QED) is 0.792. The van der Waals surface area contributed by atoms with Crippen LogP contribution in [0.2, 0.25) is 0 Å². The number of nitrogens with zero attached hydrogens (tertiary/aromatic N) is 1. The zero-order chi connectivity index (χ0) is 12.0. The second kappa shape index (κ2) is 6.66. The Kier molecular flexibility index (Phi) is 5.50. The van der Waals surface area contributed by atoms with Gasteiger partial charge in [0.05, 0.1) is 0 Å². The summed E-state index contributed by atoms with van der Waals surface area (Å²) in [6.07, 6.45) is 1.18. The summed E-state index contributed by atoms with van der Waals surface area (Å²) in [4.78, 5) is 2.43. The molecule has 0 aliphatic heterocycles. The molecule has 0 amide bonds. The minimum atomic E-state index is 0.615. The van der Waals surface area contributed by atoms with E-state index in [1.165, 1.54) is 17.5 Å². The van der Waals surface area contributed by atoms with Gasteiger partial charge in [-0.15, -0.1) is 0 Å². The van der Waals surface area contributed by atoms with Crippen LogP contribution < -0.4 is 5.32 Å². The molecule has 1 N–H and O–H groups in total. The lowest BCUT2D eigenvalue weighted by Gasteiger charge is -2.27. The van der Waals surface area contributed by atoms with Crippen LogP contribution in [0.3, 0.4) is 0 Å². The van der Waals surface area contributed by atoms with Crippen LogP contribution in [0.5, 0.6) is 0 Å². The number of benzene rings is 1. The van der Waals surface area contributed by atoms with Crippen LogP contribution in [-0.4, -0.2) is 31.6 Å². The Balaban J connectivity index is 2.62. The first-order chi connectivity index (χ1) is 7.69. The van der Waals surface area contributed by atoms with Crippen molar-refractivity contribution in [2.24, 2.45) is 0 Å². The average molecular weight is 220 g/mol. The summed E-state index contributed by atoms with van der Waals surface area (Å²) in [6, 6.07) is 9.24. The van der Waals surface area contributed by atoms with Crippen molar-refractivity contribution in [3.63, 3.8) is 0 Å². The van der Waals surface area contributed by atoms with Crippen LogP contribution in [0.25, 0.3) is 0 Å². The van der Waals surface area contributed by atoms with Crippen LogP contribution in [0.15, 0.2) is 24.3 Å². The highest BCUT2D eigenvalue weighted by Crippen LogP contribution is 2.12. The van der Waals surface area contributed by atoms with Crippen molar-refractivity contribution in [3.8, 4) is 0 Å². The maximum Gasteiger partial charge on any atom is 0.0236 e. The second-order valence-electron chi connectivity index (χ2n) is 4.46. The van der Waals surface area contributed by atoms with Crippen molar-refractivity contribution in [2.45, 2.75) is 32.9 Å². The molecule has 2 heteroatoms. The molecular formula is C14H24N2. The Morgan fingerprint density at radius 1 is 1.31 bits per heavy atom. The first-order valence-electron chi connectivity index (χ1n) is 6.08. The third kappa shape index (κ3) is 3.62. The van der Waals surface area contributed by atoms with Gasteiger partial charge in [-0.05, 0) is 38.6 Å². The third-order valence-electron chi connectivity index (χ3n) is 3.22. The molecule has 1 rings (SSSR count). The maximum absolute atomic E-state index is 3.26. The molecule has 0 bridgehead atoms. The fourth-order valence-corrected chi connectivity index (χ4v) is 2.03. The highest BCUT2D eigenvalue weighted by atomic mass is 15.1. The molecule has 0 saturated heterocycles. The third-order valence-corrected chi connectivity index (χ3v) is 3.22. The average Bonchev–Trinajstić information content (AvgIpc) is 2.29. The molecule has 0 saturated carbocycles. The van der Waals surface area contributed by atoms with Crippen LogP contribution in [-0.2, 0) is 6.54 Å². The van der Waals surface area contributed by atoms with E-state index in [0.29, 0.717) is 6.04 Å². The van der Waals surface area contributed by atoms with E-state index in [0.717, 1.165) is 13.1 Å². The highest BCUT2D eigenvalue weighted by Gasteiger charge is 2.12. The van der Waals surface area contributed by atoms with Crippen LogP contribution in [0.4, 0.5) is 0 Å². The van der Waals surface area contributed by atoms with E-state index >= 15 is 0 Å². The molecular weight excluding hydrogens is 196 g/mol. The molecule has 0 heterocycles. The molecule has 0 spiro atoms. The first-order valence-corrected chi connectivity index (χ1v) is 6.08. The van der Waals surface area contributed by atoms with Gasteiger partial charge in [0, 0.05) is 19.1 Å². The molecule has 1 aromatic rings. The smallest absolute Gasteiger partial charge is 0.0236 e. The summed E-state index contributed by atoms with van der Waals surface area (Å²) in [5.41, 5.74) is 2.81. The number of likely N-dealkylation sites (N-methyl/N-ethyl adjacent to an activating group) is 2. The topological polar surface area (TPSA) is 15.3 Å². The molecule has 16 heavy (non-hydrogen) atoms. The normalized spacial score (nSPS) is 13.1. The highest BCUT2D eigenvalue weighted by molar-refractivity contribution is 5.25. The maximum atomic E-state index is 3.26. The Morgan fingerprint density at radius 3 is 2.56 bits per heavy atom. The number of hydrogen-bond acceptors (Lipinski definition) is 2. The van der Waals surface area contributed by atoms with Gasteiger partial charge in [0.2, 0.25) is 0 Å². The van der Waals surface area contributed by atoms with E-state index in [1.807, 2.05) is 7.05 Å². The van der Waals surface area contributed by atoms with E-state index in [1.54, 1.807) is 0 Å². The molecule has 0 aromatic heterocycles. The number of rotatable bonds is 6. The number of hydrogen-bond donors (Lipinski definition) is 1. The van der Waals surface area contributed by atoms with Gasteiger partial charge in [-0.25, -0.2) is 0 Å². The van der Waals surface area contributed by atoms with Crippen molar-refractivity contribution in [1.82, 2.24) is 10.2 Å². The van der Waals surface area contributed by atoms with Gasteiger partial charge in [-0.2, -0.15) is 0 Å². The second-order valence-corrected chi connectivity index (χ2v) is 4.46. The summed E-state index contributed by atoms with van der Waals surface area (Å²) < 4.78 is 0. The van der Waals surface area contributed by atoms with Gasteiger partial charge in [0.1, 0.15) is 0 Å². The lowest BCUT2D eigenvalue weighted by molar-refractivity contribution is 0.224. The Labute approximate surface area is 99.7 Å². The Bertz CT molecular complexity index is 309. The predicted octanol–water partition coefficient (Wildman–Crippen LogP) is 2.42. The first kappa shape index (κ1) is 13.2. The van der Waals surface area contributed by atoms with Gasteiger partial charge in [0.25, 0.3) is 0 Å². The van der Waals surface area contributed by atoms with E-state index < -0.39 is 0 Å². The summed E-state index contributed by atoms with van der Waals surface area (Å²) in [5.74, 6) is 0. The van der Waals surface area contributed by atoms with Gasteiger partial charge in [-0.3, -0.25) is 4.90 Å². The molecule has 0 aliphatic carbocycles. The van der Waals surface area contributed by atoms with E-state index in [9.17, 15) is 0 Å². The molecule has 1 atom stereocenters. The zero-order valence-electron chi connectivity index (χ0n) is 11.0. The van der Waals surface area contributed by atoms with Crippen molar-refractivity contribution >= 4 is 0 Å². The fraction of sp³-hybridized carbons (Fsp3) is 0.571. The van der Waals surface area contributed by atoms with Crippen molar-refractivity contribution in [2.75, 3.05) is 20.6 Å². The summed E-state index contributed by atoms with van der Waals surface area (Å²) >= 11 is 0. The minimum absolute atomic E-state index is 0.615. The fourth-order valence-electron chi connectivity index (χ4n) is 2.03. The predicted molar refractivity (Wildman–Crippen MR) is 70.7 cm³/mol. The lowest BCUT2D eigenvalue weighted by Crippen LogP contribution is -2.38. The van der Waals surface area contributed by atoms with E-state index in [-0.39, 0.29) is 0 Å². The van der Waals surface area contributed by atoms with Crippen LogP contribution in [0, 0.1) is 6.92 Å². The SMILES string of the molecule is CCC(CNC)N(C)Cc1ccccc1C. The minimum Gasteiger partial charge on any atom is -0.318 e. The molecule has 90 valence electrons. The van der Waals surface area contributed by atoms with Gasteiger partial charge in [0.15, 0.2) is 0 Å². The summed E-state index contributed by atoms with van der Waals surface area (Å²) in [6.45, 7) is 6.52. The summed E-state index contributed by atoms with van der Waals surface area (Å²) in [5, 5.41) is 3.26. The van der Waals surface area contributed by atoms with E-state index in [2.05, 4.69) is 55.4 Å². The monoisotopic (exact) mass is 220 g/mol. The van der Waals surface area contributed by atoms with E-state index in [4.69, 9.17) is 0 Å². The Morgan fingerprint density at radius 2 is 2.00 bits per heavy atom. The van der Waals surface area contributed by atoms with Crippen LogP contribution >= 0.6 is 0 Å².